The number of hydrogen-bond donors (Lipinski definition) is 6. The van der Waals surface area contributed by atoms with Gasteiger partial charge in [-0.05, 0) is 19.3 Å². The largest absolute Gasteiger partial charge is 0.394 e. The Hall–Kier alpha value is -1.07. The Kier molecular flexibility index (Phi) is 33.3. The van der Waals surface area contributed by atoms with Crippen LogP contribution in [0.25, 0.3) is 0 Å². The Labute approximate surface area is 325 Å². The molecule has 1 aliphatic rings. The number of hydrogen-bond acceptors (Lipinski definition) is 8. The number of unbranched alkanes of at least 4 members (excludes halogenated alkanes) is 27. The summed E-state index contributed by atoms with van der Waals surface area (Å²) in [6, 6.07) is -0.797. The van der Waals surface area contributed by atoms with Gasteiger partial charge in [0.15, 0.2) is 6.29 Å². The van der Waals surface area contributed by atoms with E-state index in [4.69, 9.17) is 9.47 Å². The second-order valence-corrected chi connectivity index (χ2v) is 15.9. The number of aliphatic hydroxyl groups excluding tert-OH is 5. The maximum atomic E-state index is 12.9. The Morgan fingerprint density at radius 3 is 1.47 bits per heavy atom. The van der Waals surface area contributed by atoms with Crippen molar-refractivity contribution in [3.63, 3.8) is 0 Å². The third-order valence-electron chi connectivity index (χ3n) is 10.9. The summed E-state index contributed by atoms with van der Waals surface area (Å²) in [6.07, 6.45) is 32.6. The Morgan fingerprint density at radius 1 is 0.623 bits per heavy atom. The zero-order valence-electron chi connectivity index (χ0n) is 34.3. The summed E-state index contributed by atoms with van der Waals surface area (Å²) in [6.45, 7) is 3.76. The van der Waals surface area contributed by atoms with E-state index in [1.807, 2.05) is 6.08 Å². The summed E-state index contributed by atoms with van der Waals surface area (Å²) < 4.78 is 11.2. The molecular formula is C44H85NO8. The van der Waals surface area contributed by atoms with Gasteiger partial charge in [-0.1, -0.05) is 193 Å². The molecule has 6 N–H and O–H groups in total. The summed E-state index contributed by atoms with van der Waals surface area (Å²) in [5.74, 6) is -0.178. The van der Waals surface area contributed by atoms with E-state index >= 15 is 0 Å². The number of amides is 1. The summed E-state index contributed by atoms with van der Waals surface area (Å²) >= 11 is 0. The molecule has 0 bridgehead atoms. The van der Waals surface area contributed by atoms with Gasteiger partial charge in [-0.25, -0.2) is 0 Å². The first kappa shape index (κ1) is 49.9. The number of nitrogens with one attached hydrogen (secondary N) is 1. The molecule has 1 aliphatic heterocycles. The minimum Gasteiger partial charge on any atom is -0.394 e. The van der Waals surface area contributed by atoms with Crippen molar-refractivity contribution in [2.75, 3.05) is 13.2 Å². The van der Waals surface area contributed by atoms with E-state index in [-0.39, 0.29) is 12.5 Å². The highest BCUT2D eigenvalue weighted by Crippen LogP contribution is 2.23. The second kappa shape index (κ2) is 35.4. The van der Waals surface area contributed by atoms with Crippen molar-refractivity contribution in [1.29, 1.82) is 0 Å². The molecular weight excluding hydrogens is 670 g/mol. The van der Waals surface area contributed by atoms with Crippen LogP contribution in [0.5, 0.6) is 0 Å². The van der Waals surface area contributed by atoms with Gasteiger partial charge in [0.2, 0.25) is 5.91 Å². The van der Waals surface area contributed by atoms with Gasteiger partial charge in [-0.15, -0.1) is 0 Å². The molecule has 1 rings (SSSR count). The Balaban J connectivity index is 2.33. The number of carbonyl (C=O) groups excluding carboxylic acids is 1. The van der Waals surface area contributed by atoms with Gasteiger partial charge in [-0.3, -0.25) is 4.79 Å². The fourth-order valence-electron chi connectivity index (χ4n) is 7.21. The lowest BCUT2D eigenvalue weighted by molar-refractivity contribution is -0.302. The van der Waals surface area contributed by atoms with Crippen molar-refractivity contribution in [2.24, 2.45) is 0 Å². The van der Waals surface area contributed by atoms with Crippen LogP contribution in [0.4, 0.5) is 0 Å². The van der Waals surface area contributed by atoms with Crippen LogP contribution in [0.2, 0.25) is 0 Å². The molecule has 9 heteroatoms. The fraction of sp³-hybridized carbons (Fsp3) is 0.932. The summed E-state index contributed by atoms with van der Waals surface area (Å²) in [4.78, 5) is 12.9. The molecule has 7 atom stereocenters. The fourth-order valence-corrected chi connectivity index (χ4v) is 7.21. The smallest absolute Gasteiger partial charge is 0.220 e. The maximum absolute atomic E-state index is 12.9. The van der Waals surface area contributed by atoms with E-state index in [0.717, 1.165) is 38.5 Å². The second-order valence-electron chi connectivity index (χ2n) is 15.9. The third kappa shape index (κ3) is 26.4. The van der Waals surface area contributed by atoms with Crippen LogP contribution in [0.3, 0.4) is 0 Å². The maximum Gasteiger partial charge on any atom is 0.220 e. The number of carbonyl (C=O) groups is 1. The van der Waals surface area contributed by atoms with Crippen molar-refractivity contribution < 1.29 is 39.8 Å². The predicted molar refractivity (Wildman–Crippen MR) is 217 cm³/mol. The zero-order chi connectivity index (χ0) is 38.8. The van der Waals surface area contributed by atoms with Crippen LogP contribution in [0.1, 0.15) is 206 Å². The number of ether oxygens (including phenoxy) is 2. The topological polar surface area (TPSA) is 149 Å². The minimum absolute atomic E-state index is 0.178. The quantitative estimate of drug-likeness (QED) is 0.0272. The molecule has 53 heavy (non-hydrogen) atoms. The van der Waals surface area contributed by atoms with Crippen LogP contribution in [0, 0.1) is 0 Å². The van der Waals surface area contributed by atoms with E-state index < -0.39 is 49.5 Å². The molecule has 0 aliphatic carbocycles. The van der Waals surface area contributed by atoms with Crippen LogP contribution in [-0.2, 0) is 14.3 Å². The first-order valence-corrected chi connectivity index (χ1v) is 22.4. The van der Waals surface area contributed by atoms with Crippen molar-refractivity contribution in [3.8, 4) is 0 Å². The van der Waals surface area contributed by atoms with Crippen LogP contribution in [-0.4, -0.2) is 87.5 Å². The van der Waals surface area contributed by atoms with Gasteiger partial charge in [0, 0.05) is 6.42 Å². The normalized spacial score (nSPS) is 21.7. The average molecular weight is 756 g/mol. The molecule has 0 radical (unpaired) electrons. The number of aliphatic hydroxyl groups is 5. The predicted octanol–water partition coefficient (Wildman–Crippen LogP) is 8.95. The van der Waals surface area contributed by atoms with Gasteiger partial charge in [0.1, 0.15) is 24.4 Å². The minimum atomic E-state index is -1.56. The summed E-state index contributed by atoms with van der Waals surface area (Å²) in [7, 11) is 0. The molecule has 1 heterocycles. The lowest BCUT2D eigenvalue weighted by Gasteiger charge is -2.40. The van der Waals surface area contributed by atoms with Crippen molar-refractivity contribution in [1.82, 2.24) is 5.32 Å². The first-order chi connectivity index (χ1) is 25.8. The standard InChI is InChI=1S/C44H85NO8/c1-3-5-7-9-11-13-15-16-17-18-19-20-21-22-23-24-25-27-29-31-33-38(47)37(36-52-44-43(51)42(50)41(49)39(35-46)53-44)45-40(48)34-32-30-28-26-14-12-10-8-6-4-2/h31,33,37-39,41-44,46-47,49-51H,3-30,32,34-36H2,1-2H3,(H,45,48)/b33-31+. The molecule has 1 saturated heterocycles. The van der Waals surface area contributed by atoms with Crippen LogP contribution >= 0.6 is 0 Å². The highest BCUT2D eigenvalue weighted by atomic mass is 16.7. The van der Waals surface area contributed by atoms with Gasteiger partial charge < -0.3 is 40.3 Å². The van der Waals surface area contributed by atoms with Gasteiger partial charge in [0.25, 0.3) is 0 Å². The lowest BCUT2D eigenvalue weighted by Crippen LogP contribution is -2.60. The average Bonchev–Trinajstić information content (AvgIpc) is 3.16. The molecule has 1 amide bonds. The molecule has 0 aromatic rings. The van der Waals surface area contributed by atoms with Gasteiger partial charge in [-0.2, -0.15) is 0 Å². The van der Waals surface area contributed by atoms with Gasteiger partial charge >= 0.3 is 0 Å². The highest BCUT2D eigenvalue weighted by molar-refractivity contribution is 5.76. The van der Waals surface area contributed by atoms with E-state index in [9.17, 15) is 30.3 Å². The Bertz CT molecular complexity index is 842. The van der Waals surface area contributed by atoms with E-state index in [1.54, 1.807) is 6.08 Å². The van der Waals surface area contributed by atoms with E-state index in [0.29, 0.717) is 6.42 Å². The molecule has 7 unspecified atom stereocenters. The van der Waals surface area contributed by atoms with Crippen LogP contribution in [0.15, 0.2) is 12.2 Å². The van der Waals surface area contributed by atoms with Crippen molar-refractivity contribution >= 4 is 5.91 Å². The highest BCUT2D eigenvalue weighted by Gasteiger charge is 2.44. The van der Waals surface area contributed by atoms with E-state index in [2.05, 4.69) is 19.2 Å². The SMILES string of the molecule is CCCCCCCCCCCCCCCCCCCC/C=C/C(O)C(COC1OC(CO)C(O)C(O)C1O)NC(=O)CCCCCCCCCCCC. The number of allylic oxidation sites excluding steroid dienone is 1. The van der Waals surface area contributed by atoms with Crippen molar-refractivity contribution in [3.05, 3.63) is 12.2 Å². The molecule has 0 aromatic heterocycles. The van der Waals surface area contributed by atoms with Gasteiger partial charge in [0.05, 0.1) is 25.4 Å². The zero-order valence-corrected chi connectivity index (χ0v) is 34.3. The number of rotatable bonds is 37. The van der Waals surface area contributed by atoms with Crippen LogP contribution < -0.4 is 5.32 Å². The summed E-state index contributed by atoms with van der Waals surface area (Å²) in [5.41, 5.74) is 0. The molecule has 0 saturated carbocycles. The molecule has 314 valence electrons. The monoisotopic (exact) mass is 756 g/mol. The molecule has 0 aromatic carbocycles. The molecule has 1 fully saturated rings. The Morgan fingerprint density at radius 2 is 1.04 bits per heavy atom. The van der Waals surface area contributed by atoms with Crippen molar-refractivity contribution in [2.45, 2.75) is 249 Å². The summed E-state index contributed by atoms with van der Waals surface area (Å²) in [5, 5.41) is 54.1. The lowest BCUT2D eigenvalue weighted by atomic mass is 9.99. The third-order valence-corrected chi connectivity index (χ3v) is 10.9. The molecule has 0 spiro atoms. The molecule has 9 nitrogen and oxygen atoms in total. The first-order valence-electron chi connectivity index (χ1n) is 22.4. The van der Waals surface area contributed by atoms with E-state index in [1.165, 1.54) is 148 Å².